The Balaban J connectivity index is 2.43. The third-order valence-corrected chi connectivity index (χ3v) is 1.73. The normalized spacial score (nSPS) is 10.4. The van der Waals surface area contributed by atoms with E-state index in [1.165, 1.54) is 6.08 Å². The molecule has 2 amide bonds. The second kappa shape index (κ2) is 6.29. The van der Waals surface area contributed by atoms with E-state index in [0.29, 0.717) is 5.69 Å². The largest absolute Gasteiger partial charge is 0.399 e. The van der Waals surface area contributed by atoms with Crippen molar-refractivity contribution in [1.82, 2.24) is 5.48 Å². The van der Waals surface area contributed by atoms with Gasteiger partial charge in [-0.05, 0) is 23.8 Å². The van der Waals surface area contributed by atoms with Crippen molar-refractivity contribution in [3.8, 4) is 0 Å². The van der Waals surface area contributed by atoms with Gasteiger partial charge in [0, 0.05) is 11.8 Å². The van der Waals surface area contributed by atoms with E-state index in [-0.39, 0.29) is 6.61 Å². The zero-order valence-corrected chi connectivity index (χ0v) is 9.05. The first-order valence-corrected chi connectivity index (χ1v) is 4.81. The van der Waals surface area contributed by atoms with Gasteiger partial charge in [-0.2, -0.15) is 0 Å². The summed E-state index contributed by atoms with van der Waals surface area (Å²) in [6.07, 6.45) is 2.83. The molecule has 0 atom stereocenters. The van der Waals surface area contributed by atoms with Gasteiger partial charge in [0.2, 0.25) is 5.91 Å². The summed E-state index contributed by atoms with van der Waals surface area (Å²) in [6.45, 7) is -0.363. The number of benzene rings is 1. The smallest absolute Gasteiger partial charge is 0.267 e. The van der Waals surface area contributed by atoms with Gasteiger partial charge < -0.3 is 11.5 Å². The predicted molar refractivity (Wildman–Crippen MR) is 63.2 cm³/mol. The fraction of sp³-hybridized carbons (Fsp3) is 0.0909. The molecule has 0 saturated carbocycles. The zero-order valence-electron chi connectivity index (χ0n) is 9.05. The minimum Gasteiger partial charge on any atom is -0.399 e. The molecule has 6 heteroatoms. The maximum atomic E-state index is 11.2. The maximum absolute atomic E-state index is 11.2. The number of carbonyl (C=O) groups is 2. The quantitative estimate of drug-likeness (QED) is 0.373. The van der Waals surface area contributed by atoms with Crippen LogP contribution in [0, 0.1) is 0 Å². The summed E-state index contributed by atoms with van der Waals surface area (Å²) in [5, 5.41) is 0. The monoisotopic (exact) mass is 235 g/mol. The molecule has 6 nitrogen and oxygen atoms in total. The standard InChI is InChI=1S/C11H13N3O3/c12-9-3-1-2-8(6-9)4-5-11(16)14-17-7-10(13)15/h1-6H,7,12H2,(H2,13,15)(H,14,16)/b5-4+. The molecule has 0 unspecified atom stereocenters. The molecule has 0 aromatic heterocycles. The minimum atomic E-state index is -0.662. The highest BCUT2D eigenvalue weighted by Gasteiger charge is 1.97. The lowest BCUT2D eigenvalue weighted by Gasteiger charge is -2.00. The first-order chi connectivity index (χ1) is 8.08. The SMILES string of the molecule is NC(=O)CONC(=O)/C=C/c1cccc(N)c1. The van der Waals surface area contributed by atoms with Gasteiger partial charge in [-0.15, -0.1) is 0 Å². The van der Waals surface area contributed by atoms with E-state index in [9.17, 15) is 9.59 Å². The van der Waals surface area contributed by atoms with Crippen LogP contribution in [0.2, 0.25) is 0 Å². The summed E-state index contributed by atoms with van der Waals surface area (Å²) in [6, 6.07) is 7.03. The lowest BCUT2D eigenvalue weighted by atomic mass is 10.2. The van der Waals surface area contributed by atoms with Crippen LogP contribution in [0.1, 0.15) is 5.56 Å². The molecule has 1 aromatic rings. The number of hydroxylamine groups is 1. The van der Waals surface area contributed by atoms with E-state index in [2.05, 4.69) is 4.84 Å². The number of rotatable bonds is 5. The van der Waals surface area contributed by atoms with Crippen molar-refractivity contribution in [1.29, 1.82) is 0 Å². The number of nitrogens with one attached hydrogen (secondary N) is 1. The van der Waals surface area contributed by atoms with Crippen LogP contribution in [0.15, 0.2) is 30.3 Å². The summed E-state index contributed by atoms with van der Waals surface area (Å²) in [7, 11) is 0. The molecule has 5 N–H and O–H groups in total. The highest BCUT2D eigenvalue weighted by molar-refractivity contribution is 5.91. The Morgan fingerprint density at radius 3 is 2.82 bits per heavy atom. The number of hydrogen-bond acceptors (Lipinski definition) is 4. The fourth-order valence-corrected chi connectivity index (χ4v) is 1.05. The summed E-state index contributed by atoms with van der Waals surface area (Å²) in [5.41, 5.74) is 13.8. The van der Waals surface area contributed by atoms with E-state index in [1.807, 2.05) is 5.48 Å². The molecular formula is C11H13N3O3. The Kier molecular flexibility index (Phi) is 4.71. The molecule has 0 bridgehead atoms. The molecular weight excluding hydrogens is 222 g/mol. The van der Waals surface area contributed by atoms with Gasteiger partial charge in [-0.25, -0.2) is 5.48 Å². The third kappa shape index (κ3) is 5.33. The Morgan fingerprint density at radius 1 is 1.41 bits per heavy atom. The van der Waals surface area contributed by atoms with Gasteiger partial charge in [0.1, 0.15) is 0 Å². The van der Waals surface area contributed by atoms with Crippen molar-refractivity contribution < 1.29 is 14.4 Å². The van der Waals surface area contributed by atoms with Gasteiger partial charge in [0.05, 0.1) is 0 Å². The van der Waals surface area contributed by atoms with Crippen LogP contribution in [0.4, 0.5) is 5.69 Å². The van der Waals surface area contributed by atoms with Crippen molar-refractivity contribution in [2.75, 3.05) is 12.3 Å². The summed E-state index contributed by atoms with van der Waals surface area (Å²) in [4.78, 5) is 26.0. The summed E-state index contributed by atoms with van der Waals surface area (Å²) < 4.78 is 0. The van der Waals surface area contributed by atoms with E-state index in [0.717, 1.165) is 5.56 Å². The number of primary amides is 1. The maximum Gasteiger partial charge on any atom is 0.267 e. The number of carbonyl (C=O) groups excluding carboxylic acids is 2. The van der Waals surface area contributed by atoms with E-state index in [4.69, 9.17) is 11.5 Å². The van der Waals surface area contributed by atoms with Gasteiger partial charge in [0.15, 0.2) is 6.61 Å². The van der Waals surface area contributed by atoms with Gasteiger partial charge in [-0.3, -0.25) is 14.4 Å². The minimum absolute atomic E-state index is 0.363. The summed E-state index contributed by atoms with van der Waals surface area (Å²) >= 11 is 0. The highest BCUT2D eigenvalue weighted by atomic mass is 16.7. The van der Waals surface area contributed by atoms with Gasteiger partial charge in [-0.1, -0.05) is 12.1 Å². The molecule has 17 heavy (non-hydrogen) atoms. The van der Waals surface area contributed by atoms with Crippen molar-refractivity contribution >= 4 is 23.6 Å². The van der Waals surface area contributed by atoms with E-state index in [1.54, 1.807) is 30.3 Å². The second-order valence-electron chi connectivity index (χ2n) is 3.22. The van der Waals surface area contributed by atoms with Gasteiger partial charge in [0.25, 0.3) is 5.91 Å². The molecule has 90 valence electrons. The Bertz CT molecular complexity index is 443. The zero-order chi connectivity index (χ0) is 12.7. The van der Waals surface area contributed by atoms with Crippen molar-refractivity contribution in [3.05, 3.63) is 35.9 Å². The number of anilines is 1. The van der Waals surface area contributed by atoms with Crippen LogP contribution in [-0.4, -0.2) is 18.4 Å². The van der Waals surface area contributed by atoms with Crippen LogP contribution in [0.3, 0.4) is 0 Å². The van der Waals surface area contributed by atoms with Crippen LogP contribution >= 0.6 is 0 Å². The fourth-order valence-electron chi connectivity index (χ4n) is 1.05. The molecule has 0 radical (unpaired) electrons. The molecule has 0 aliphatic carbocycles. The van der Waals surface area contributed by atoms with E-state index < -0.39 is 11.8 Å². The average molecular weight is 235 g/mol. The highest BCUT2D eigenvalue weighted by Crippen LogP contribution is 2.07. The van der Waals surface area contributed by atoms with Crippen molar-refractivity contribution in [2.24, 2.45) is 5.73 Å². The Hall–Kier alpha value is -2.34. The van der Waals surface area contributed by atoms with Crippen molar-refractivity contribution in [2.45, 2.75) is 0 Å². The molecule has 0 fully saturated rings. The van der Waals surface area contributed by atoms with E-state index >= 15 is 0 Å². The van der Waals surface area contributed by atoms with Crippen LogP contribution in [-0.2, 0) is 14.4 Å². The number of nitrogens with two attached hydrogens (primary N) is 2. The lowest BCUT2D eigenvalue weighted by molar-refractivity contribution is -0.134. The van der Waals surface area contributed by atoms with Crippen LogP contribution < -0.4 is 16.9 Å². The molecule has 0 saturated heterocycles. The second-order valence-corrected chi connectivity index (χ2v) is 3.22. The molecule has 0 aliphatic rings. The molecule has 0 aliphatic heterocycles. The first kappa shape index (κ1) is 12.7. The first-order valence-electron chi connectivity index (χ1n) is 4.81. The average Bonchev–Trinajstić information content (AvgIpc) is 2.26. The summed E-state index contributed by atoms with van der Waals surface area (Å²) in [5.74, 6) is -1.15. The molecule has 0 heterocycles. The van der Waals surface area contributed by atoms with Crippen LogP contribution in [0.5, 0.6) is 0 Å². The third-order valence-electron chi connectivity index (χ3n) is 1.73. The predicted octanol–water partition coefficient (Wildman–Crippen LogP) is -0.185. The van der Waals surface area contributed by atoms with Crippen LogP contribution in [0.25, 0.3) is 6.08 Å². The number of hydrogen-bond donors (Lipinski definition) is 3. The Labute approximate surface area is 98.2 Å². The number of nitrogen functional groups attached to an aromatic ring is 1. The lowest BCUT2D eigenvalue weighted by Crippen LogP contribution is -2.28. The topological polar surface area (TPSA) is 107 Å². The van der Waals surface area contributed by atoms with Crippen molar-refractivity contribution in [3.63, 3.8) is 0 Å². The Morgan fingerprint density at radius 2 is 2.18 bits per heavy atom. The van der Waals surface area contributed by atoms with Gasteiger partial charge >= 0.3 is 0 Å². The molecule has 1 aromatic carbocycles. The molecule has 0 spiro atoms. The number of amides is 2. The molecule has 1 rings (SSSR count).